The lowest BCUT2D eigenvalue weighted by Crippen LogP contribution is -2.51. The van der Waals surface area contributed by atoms with E-state index in [1.165, 1.54) is 6.20 Å². The van der Waals surface area contributed by atoms with Crippen molar-refractivity contribution in [2.24, 2.45) is 0 Å². The standard InChI is InChI=1S/C15H21F3N4O2/c16-15(17,18)13-3-4-22(19-13)11-14(23)21-7-5-20(6-8-21)10-12-2-1-9-24-12/h3-4,12H,1-2,5-11H2/t12-/m0/s1. The molecule has 0 spiro atoms. The fraction of sp³-hybridized carbons (Fsp3) is 0.733. The van der Waals surface area contributed by atoms with Gasteiger partial charge in [0.15, 0.2) is 5.69 Å². The van der Waals surface area contributed by atoms with Crippen LogP contribution in [0.4, 0.5) is 13.2 Å². The Bertz CT molecular complexity index is 561. The lowest BCUT2D eigenvalue weighted by molar-refractivity contribution is -0.142. The van der Waals surface area contributed by atoms with Crippen LogP contribution in [0.15, 0.2) is 12.3 Å². The molecule has 0 N–H and O–H groups in total. The second-order valence-corrected chi connectivity index (χ2v) is 6.21. The Labute approximate surface area is 138 Å². The Morgan fingerprint density at radius 1 is 1.29 bits per heavy atom. The Balaban J connectivity index is 1.45. The van der Waals surface area contributed by atoms with E-state index in [2.05, 4.69) is 10.00 Å². The summed E-state index contributed by atoms with van der Waals surface area (Å²) in [6.45, 7) is 4.24. The van der Waals surface area contributed by atoms with Crippen molar-refractivity contribution >= 4 is 5.91 Å². The van der Waals surface area contributed by atoms with Crippen molar-refractivity contribution < 1.29 is 22.7 Å². The monoisotopic (exact) mass is 346 g/mol. The van der Waals surface area contributed by atoms with Crippen molar-refractivity contribution in [2.75, 3.05) is 39.3 Å². The maximum atomic E-state index is 12.5. The number of alkyl halides is 3. The number of piperazine rings is 1. The molecule has 0 saturated carbocycles. The number of rotatable bonds is 4. The number of aromatic nitrogens is 2. The molecule has 1 amide bonds. The molecule has 3 heterocycles. The van der Waals surface area contributed by atoms with Crippen LogP contribution in [-0.2, 0) is 22.3 Å². The van der Waals surface area contributed by atoms with Gasteiger partial charge >= 0.3 is 6.18 Å². The topological polar surface area (TPSA) is 50.6 Å². The first-order chi connectivity index (χ1) is 11.4. The summed E-state index contributed by atoms with van der Waals surface area (Å²) in [5, 5.41) is 3.42. The van der Waals surface area contributed by atoms with Gasteiger partial charge in [-0.1, -0.05) is 0 Å². The molecule has 3 rings (SSSR count). The van der Waals surface area contributed by atoms with E-state index >= 15 is 0 Å². The van der Waals surface area contributed by atoms with Gasteiger partial charge in [0.1, 0.15) is 6.54 Å². The minimum Gasteiger partial charge on any atom is -0.377 e. The second-order valence-electron chi connectivity index (χ2n) is 6.21. The zero-order valence-corrected chi connectivity index (χ0v) is 13.3. The van der Waals surface area contributed by atoms with Gasteiger partial charge in [0, 0.05) is 45.5 Å². The molecule has 0 unspecified atom stereocenters. The molecule has 0 aromatic carbocycles. The SMILES string of the molecule is O=C(Cn1ccc(C(F)(F)F)n1)N1CCN(C[C@@H]2CCCO2)CC1. The quantitative estimate of drug-likeness (QED) is 0.823. The molecule has 1 aromatic heterocycles. The summed E-state index contributed by atoms with van der Waals surface area (Å²) < 4.78 is 44.2. The highest BCUT2D eigenvalue weighted by Gasteiger charge is 2.34. The molecule has 2 aliphatic rings. The Morgan fingerprint density at radius 2 is 2.04 bits per heavy atom. The average molecular weight is 346 g/mol. The first-order valence-corrected chi connectivity index (χ1v) is 8.14. The molecule has 1 aromatic rings. The predicted molar refractivity (Wildman–Crippen MR) is 79.2 cm³/mol. The summed E-state index contributed by atoms with van der Waals surface area (Å²) in [6.07, 6.45) is -0.819. The molecule has 6 nitrogen and oxygen atoms in total. The summed E-state index contributed by atoms with van der Waals surface area (Å²) >= 11 is 0. The molecular weight excluding hydrogens is 325 g/mol. The highest BCUT2D eigenvalue weighted by molar-refractivity contribution is 5.76. The number of halogens is 3. The molecule has 0 bridgehead atoms. The number of carbonyl (C=O) groups is 1. The lowest BCUT2D eigenvalue weighted by Gasteiger charge is -2.35. The van der Waals surface area contributed by atoms with E-state index in [0.29, 0.717) is 13.1 Å². The molecule has 1 atom stereocenters. The van der Waals surface area contributed by atoms with E-state index < -0.39 is 11.9 Å². The zero-order chi connectivity index (χ0) is 17.2. The van der Waals surface area contributed by atoms with Gasteiger partial charge in [0.2, 0.25) is 5.91 Å². The van der Waals surface area contributed by atoms with Crippen LogP contribution in [0.25, 0.3) is 0 Å². The van der Waals surface area contributed by atoms with Gasteiger partial charge < -0.3 is 9.64 Å². The van der Waals surface area contributed by atoms with Crippen molar-refractivity contribution in [3.8, 4) is 0 Å². The number of amides is 1. The first-order valence-electron chi connectivity index (χ1n) is 8.14. The summed E-state index contributed by atoms with van der Waals surface area (Å²) in [5.74, 6) is -0.205. The molecule has 0 aliphatic carbocycles. The molecular formula is C15H21F3N4O2. The van der Waals surface area contributed by atoms with E-state index in [4.69, 9.17) is 4.74 Å². The number of carbonyl (C=O) groups excluding carboxylic acids is 1. The van der Waals surface area contributed by atoms with Crippen LogP contribution in [0, 0.1) is 0 Å². The molecule has 2 saturated heterocycles. The van der Waals surface area contributed by atoms with Crippen molar-refractivity contribution in [3.05, 3.63) is 18.0 Å². The molecule has 9 heteroatoms. The highest BCUT2D eigenvalue weighted by Crippen LogP contribution is 2.27. The minimum absolute atomic E-state index is 0.165. The highest BCUT2D eigenvalue weighted by atomic mass is 19.4. The van der Waals surface area contributed by atoms with Gasteiger partial charge in [-0.15, -0.1) is 0 Å². The van der Waals surface area contributed by atoms with E-state index in [1.807, 2.05) is 0 Å². The largest absolute Gasteiger partial charge is 0.435 e. The minimum atomic E-state index is -4.48. The van der Waals surface area contributed by atoms with Gasteiger partial charge in [-0.05, 0) is 18.9 Å². The molecule has 2 fully saturated rings. The van der Waals surface area contributed by atoms with Crippen LogP contribution in [-0.4, -0.2) is 70.9 Å². The average Bonchev–Trinajstić information content (AvgIpc) is 3.19. The number of ether oxygens (including phenoxy) is 1. The summed E-state index contributed by atoms with van der Waals surface area (Å²) in [7, 11) is 0. The van der Waals surface area contributed by atoms with Crippen LogP contribution in [0.2, 0.25) is 0 Å². The van der Waals surface area contributed by atoms with Gasteiger partial charge in [0.25, 0.3) is 0 Å². The van der Waals surface area contributed by atoms with Gasteiger partial charge in [0.05, 0.1) is 6.10 Å². The van der Waals surface area contributed by atoms with Crippen molar-refractivity contribution in [2.45, 2.75) is 31.7 Å². The predicted octanol–water partition coefficient (Wildman–Crippen LogP) is 1.23. The maximum Gasteiger partial charge on any atom is 0.435 e. The molecule has 0 radical (unpaired) electrons. The van der Waals surface area contributed by atoms with Crippen molar-refractivity contribution in [3.63, 3.8) is 0 Å². The summed E-state index contributed by atoms with van der Waals surface area (Å²) in [5.41, 5.74) is -0.975. The number of nitrogens with zero attached hydrogens (tertiary/aromatic N) is 4. The zero-order valence-electron chi connectivity index (χ0n) is 13.3. The van der Waals surface area contributed by atoms with E-state index in [1.54, 1.807) is 4.90 Å². The van der Waals surface area contributed by atoms with Gasteiger partial charge in [-0.25, -0.2) is 0 Å². The molecule has 134 valence electrons. The van der Waals surface area contributed by atoms with Crippen molar-refractivity contribution in [1.29, 1.82) is 0 Å². The van der Waals surface area contributed by atoms with E-state index in [-0.39, 0.29) is 18.6 Å². The van der Waals surface area contributed by atoms with Crippen LogP contribution in [0.5, 0.6) is 0 Å². The van der Waals surface area contributed by atoms with Crippen LogP contribution in [0.3, 0.4) is 0 Å². The van der Waals surface area contributed by atoms with Gasteiger partial charge in [-0.2, -0.15) is 18.3 Å². The number of hydrogen-bond donors (Lipinski definition) is 0. The summed E-state index contributed by atoms with van der Waals surface area (Å²) in [4.78, 5) is 16.2. The fourth-order valence-electron chi connectivity index (χ4n) is 3.10. The lowest BCUT2D eigenvalue weighted by atomic mass is 10.2. The molecule has 24 heavy (non-hydrogen) atoms. The Kier molecular flexibility index (Phi) is 5.09. The van der Waals surface area contributed by atoms with E-state index in [9.17, 15) is 18.0 Å². The smallest absolute Gasteiger partial charge is 0.377 e. The third-order valence-corrected chi connectivity index (χ3v) is 4.44. The number of hydrogen-bond acceptors (Lipinski definition) is 4. The second kappa shape index (κ2) is 7.10. The third-order valence-electron chi connectivity index (χ3n) is 4.44. The Hall–Kier alpha value is -1.61. The van der Waals surface area contributed by atoms with Crippen molar-refractivity contribution in [1.82, 2.24) is 19.6 Å². The van der Waals surface area contributed by atoms with Crippen LogP contribution < -0.4 is 0 Å². The Morgan fingerprint density at radius 3 is 2.62 bits per heavy atom. The first kappa shape index (κ1) is 17.2. The van der Waals surface area contributed by atoms with Gasteiger partial charge in [-0.3, -0.25) is 14.4 Å². The maximum absolute atomic E-state index is 12.5. The summed E-state index contributed by atoms with van der Waals surface area (Å²) in [6, 6.07) is 0.882. The van der Waals surface area contributed by atoms with Crippen LogP contribution in [0.1, 0.15) is 18.5 Å². The third kappa shape index (κ3) is 4.27. The van der Waals surface area contributed by atoms with E-state index in [0.717, 1.165) is 49.8 Å². The fourth-order valence-corrected chi connectivity index (χ4v) is 3.10. The van der Waals surface area contributed by atoms with Crippen LogP contribution >= 0.6 is 0 Å². The molecule has 2 aliphatic heterocycles. The normalized spacial score (nSPS) is 23.0.